The maximum absolute atomic E-state index is 4.10. The highest BCUT2D eigenvalue weighted by atomic mass is 15.3. The molecule has 6 rings (SSSR count). The molecule has 1 aliphatic heterocycles. The Morgan fingerprint density at radius 3 is 2.06 bits per heavy atom. The van der Waals surface area contributed by atoms with E-state index in [0.29, 0.717) is 0 Å². The number of dihydropyridines is 1. The lowest BCUT2D eigenvalue weighted by Crippen LogP contribution is -2.28. The molecule has 3 nitrogen and oxygen atoms in total. The maximum Gasteiger partial charge on any atom is 0.124 e. The van der Waals surface area contributed by atoms with E-state index < -0.39 is 0 Å². The number of hydrogen-bond donors (Lipinski definition) is 1. The minimum Gasteiger partial charge on any atom is -0.347 e. The third-order valence-electron chi connectivity index (χ3n) is 6.46. The van der Waals surface area contributed by atoms with Crippen molar-refractivity contribution in [3.63, 3.8) is 0 Å². The second-order valence-electron chi connectivity index (χ2n) is 8.29. The zero-order valence-electron chi connectivity index (χ0n) is 18.6. The van der Waals surface area contributed by atoms with E-state index in [1.165, 1.54) is 27.2 Å². The lowest BCUT2D eigenvalue weighted by Gasteiger charge is -2.26. The van der Waals surface area contributed by atoms with Crippen molar-refractivity contribution in [2.45, 2.75) is 13.1 Å². The molecular weight excluding hydrogens is 402 g/mol. The highest BCUT2D eigenvalue weighted by molar-refractivity contribution is 6.08. The van der Waals surface area contributed by atoms with Gasteiger partial charge in [0.05, 0.1) is 22.2 Å². The van der Waals surface area contributed by atoms with E-state index in [4.69, 9.17) is 0 Å². The average molecular weight is 428 g/mol. The summed E-state index contributed by atoms with van der Waals surface area (Å²) in [6, 6.07) is 25.8. The normalized spacial score (nSPS) is 16.0. The zero-order chi connectivity index (χ0) is 22.4. The van der Waals surface area contributed by atoms with Crippen LogP contribution in [-0.2, 0) is 0 Å². The van der Waals surface area contributed by atoms with Crippen LogP contribution in [0.3, 0.4) is 0 Å². The second kappa shape index (κ2) is 7.72. The summed E-state index contributed by atoms with van der Waals surface area (Å²) in [7, 11) is 0. The molecule has 1 N–H and O–H groups in total. The van der Waals surface area contributed by atoms with E-state index >= 15 is 0 Å². The van der Waals surface area contributed by atoms with Crippen molar-refractivity contribution >= 4 is 50.7 Å². The second-order valence-corrected chi connectivity index (χ2v) is 8.29. The number of para-hydroxylation sites is 3. The van der Waals surface area contributed by atoms with Crippen LogP contribution in [0.5, 0.6) is 0 Å². The van der Waals surface area contributed by atoms with Gasteiger partial charge in [0.25, 0.3) is 0 Å². The van der Waals surface area contributed by atoms with Gasteiger partial charge in [0, 0.05) is 21.7 Å². The Kier molecular flexibility index (Phi) is 4.55. The first kappa shape index (κ1) is 19.4. The van der Waals surface area contributed by atoms with Crippen molar-refractivity contribution in [3.05, 3.63) is 115 Å². The summed E-state index contributed by atoms with van der Waals surface area (Å²) in [5.41, 5.74) is 5.88. The fourth-order valence-electron chi connectivity index (χ4n) is 5.12. The van der Waals surface area contributed by atoms with Crippen molar-refractivity contribution < 1.29 is 0 Å². The summed E-state index contributed by atoms with van der Waals surface area (Å²) >= 11 is 0. The summed E-state index contributed by atoms with van der Waals surface area (Å²) < 4.78 is 4.69. The van der Waals surface area contributed by atoms with E-state index in [1.54, 1.807) is 0 Å². The van der Waals surface area contributed by atoms with Gasteiger partial charge in [-0.3, -0.25) is 4.57 Å². The van der Waals surface area contributed by atoms with Crippen LogP contribution in [0.1, 0.15) is 24.3 Å². The topological polar surface area (TPSA) is 21.9 Å². The number of rotatable bonds is 4. The third kappa shape index (κ3) is 2.90. The minimum atomic E-state index is -0.0124. The zero-order valence-corrected chi connectivity index (χ0v) is 18.6. The number of aromatic nitrogens is 2. The van der Waals surface area contributed by atoms with Crippen molar-refractivity contribution in [1.82, 2.24) is 14.5 Å². The van der Waals surface area contributed by atoms with Gasteiger partial charge in [0.15, 0.2) is 0 Å². The molecule has 0 spiro atoms. The Balaban J connectivity index is 1.54. The molecule has 5 aromatic rings. The molecule has 0 aliphatic carbocycles. The molecule has 0 bridgehead atoms. The van der Waals surface area contributed by atoms with Crippen molar-refractivity contribution in [3.8, 4) is 0 Å². The molecule has 3 heterocycles. The molecule has 0 radical (unpaired) electrons. The summed E-state index contributed by atoms with van der Waals surface area (Å²) in [5, 5.41) is 7.56. The molecule has 1 atom stereocenters. The molecule has 2 aromatic heterocycles. The van der Waals surface area contributed by atoms with E-state index in [9.17, 15) is 0 Å². The SMILES string of the molecule is C=Cc1c(/C=C\C)n(C2=CC=CC(n3c4ccccc4c4ccccc43)N2)c2ccccc12. The van der Waals surface area contributed by atoms with Crippen LogP contribution < -0.4 is 5.32 Å². The molecule has 0 fully saturated rings. The van der Waals surface area contributed by atoms with Gasteiger partial charge >= 0.3 is 0 Å². The first-order valence-electron chi connectivity index (χ1n) is 11.3. The van der Waals surface area contributed by atoms with Crippen molar-refractivity contribution in [1.29, 1.82) is 0 Å². The van der Waals surface area contributed by atoms with E-state index in [-0.39, 0.29) is 6.17 Å². The van der Waals surface area contributed by atoms with Crippen LogP contribution in [0, 0.1) is 0 Å². The van der Waals surface area contributed by atoms with E-state index in [1.807, 2.05) is 6.08 Å². The Bertz CT molecular complexity index is 1570. The van der Waals surface area contributed by atoms with Crippen LogP contribution in [0.2, 0.25) is 0 Å². The van der Waals surface area contributed by atoms with Gasteiger partial charge in [-0.05, 0) is 43.4 Å². The van der Waals surface area contributed by atoms with Gasteiger partial charge in [-0.2, -0.15) is 0 Å². The highest BCUT2D eigenvalue weighted by Gasteiger charge is 2.22. The van der Waals surface area contributed by atoms with Crippen LogP contribution in [0.4, 0.5) is 0 Å². The number of nitrogens with zero attached hydrogens (tertiary/aromatic N) is 2. The van der Waals surface area contributed by atoms with Crippen LogP contribution in [0.15, 0.2) is 104 Å². The van der Waals surface area contributed by atoms with E-state index in [2.05, 4.69) is 131 Å². The Morgan fingerprint density at radius 2 is 1.42 bits per heavy atom. The largest absolute Gasteiger partial charge is 0.347 e. The fraction of sp³-hybridized carbons (Fsp3) is 0.0667. The molecule has 0 saturated heterocycles. The molecule has 3 heteroatoms. The standard InChI is InChI=1S/C30H25N3/c1-3-12-25-21(4-2)22-13-5-8-16-26(22)32(25)29-19-11-20-30(31-29)33-27-17-9-6-14-23(27)24-15-7-10-18-28(24)33/h3-20,30-31H,2H2,1H3/b12-3-. The monoisotopic (exact) mass is 427 g/mol. The lowest BCUT2D eigenvalue weighted by molar-refractivity contribution is 0.575. The first-order valence-corrected chi connectivity index (χ1v) is 11.3. The molecule has 3 aromatic carbocycles. The summed E-state index contributed by atoms with van der Waals surface area (Å²) in [6.45, 7) is 6.16. The average Bonchev–Trinajstić information content (AvgIpc) is 3.37. The quantitative estimate of drug-likeness (QED) is 0.314. The van der Waals surface area contributed by atoms with Crippen LogP contribution in [0.25, 0.3) is 50.7 Å². The van der Waals surface area contributed by atoms with Crippen LogP contribution in [-0.4, -0.2) is 9.13 Å². The van der Waals surface area contributed by atoms with Crippen LogP contribution >= 0.6 is 0 Å². The van der Waals surface area contributed by atoms with Gasteiger partial charge in [0.2, 0.25) is 0 Å². The van der Waals surface area contributed by atoms with Crippen molar-refractivity contribution in [2.24, 2.45) is 0 Å². The van der Waals surface area contributed by atoms with Gasteiger partial charge in [-0.1, -0.05) is 79.4 Å². The van der Waals surface area contributed by atoms with Gasteiger partial charge < -0.3 is 9.88 Å². The molecule has 0 saturated carbocycles. The Morgan fingerprint density at radius 1 is 0.818 bits per heavy atom. The number of hydrogen-bond acceptors (Lipinski definition) is 1. The number of nitrogens with one attached hydrogen (secondary N) is 1. The van der Waals surface area contributed by atoms with E-state index in [0.717, 1.165) is 22.6 Å². The molecule has 1 unspecified atom stereocenters. The fourth-order valence-corrected chi connectivity index (χ4v) is 5.12. The minimum absolute atomic E-state index is 0.0124. The molecule has 0 amide bonds. The summed E-state index contributed by atoms with van der Waals surface area (Å²) in [4.78, 5) is 0. The Labute approximate surface area is 193 Å². The number of fused-ring (bicyclic) bond motifs is 4. The predicted octanol–water partition coefficient (Wildman–Crippen LogP) is 7.58. The number of benzene rings is 3. The summed E-state index contributed by atoms with van der Waals surface area (Å²) in [5.74, 6) is 1.04. The highest BCUT2D eigenvalue weighted by Crippen LogP contribution is 2.35. The predicted molar refractivity (Wildman–Crippen MR) is 142 cm³/mol. The summed E-state index contributed by atoms with van der Waals surface area (Å²) in [6.07, 6.45) is 12.7. The maximum atomic E-state index is 4.10. The molecule has 160 valence electrons. The Hall–Kier alpha value is -4.24. The first-order chi connectivity index (χ1) is 16.3. The molecular formula is C30H25N3. The smallest absolute Gasteiger partial charge is 0.124 e. The third-order valence-corrected chi connectivity index (χ3v) is 6.46. The van der Waals surface area contributed by atoms with Crippen molar-refractivity contribution in [2.75, 3.05) is 0 Å². The molecule has 1 aliphatic rings. The van der Waals surface area contributed by atoms with Gasteiger partial charge in [-0.25, -0.2) is 0 Å². The van der Waals surface area contributed by atoms with Gasteiger partial charge in [-0.15, -0.1) is 0 Å². The number of allylic oxidation sites excluding steroid dienone is 3. The molecule has 33 heavy (non-hydrogen) atoms. The lowest BCUT2D eigenvalue weighted by atomic mass is 10.1. The van der Waals surface area contributed by atoms with Gasteiger partial charge in [0.1, 0.15) is 12.0 Å².